The van der Waals surface area contributed by atoms with E-state index in [9.17, 15) is 24.5 Å². The molecule has 3 rings (SSSR count). The van der Waals surface area contributed by atoms with Crippen LogP contribution in [0.5, 0.6) is 11.5 Å². The van der Waals surface area contributed by atoms with Crippen molar-refractivity contribution in [2.75, 3.05) is 20.3 Å². The summed E-state index contributed by atoms with van der Waals surface area (Å²) in [6.07, 6.45) is 1.52. The smallest absolute Gasteiger partial charge is 0.325 e. The van der Waals surface area contributed by atoms with Gasteiger partial charge >= 0.3 is 5.97 Å². The molecule has 1 saturated heterocycles. The van der Waals surface area contributed by atoms with E-state index in [2.05, 4.69) is 4.74 Å². The monoisotopic (exact) mass is 472 g/mol. The SMILES string of the molecule is CCOc1cc(/C=C2\SC(=O)N(CC(=O)OC)C2=O)ccc1OCc1cccc([N+](=O)[O-])c1. The van der Waals surface area contributed by atoms with Crippen LogP contribution in [0.3, 0.4) is 0 Å². The number of non-ortho nitro benzene ring substituents is 1. The molecule has 0 radical (unpaired) electrons. The number of nitro benzene ring substituents is 1. The number of nitrogens with zero attached hydrogens (tertiary/aromatic N) is 2. The predicted molar refractivity (Wildman–Crippen MR) is 120 cm³/mol. The predicted octanol–water partition coefficient (Wildman–Crippen LogP) is 3.78. The average Bonchev–Trinajstić information content (AvgIpc) is 3.06. The molecule has 11 heteroatoms. The van der Waals surface area contributed by atoms with E-state index >= 15 is 0 Å². The summed E-state index contributed by atoms with van der Waals surface area (Å²) in [5, 5.41) is 10.4. The minimum atomic E-state index is -0.692. The molecule has 0 saturated carbocycles. The Morgan fingerprint density at radius 3 is 2.64 bits per heavy atom. The molecule has 0 bridgehead atoms. The zero-order valence-corrected chi connectivity index (χ0v) is 18.6. The molecule has 1 aliphatic rings. The van der Waals surface area contributed by atoms with Crippen molar-refractivity contribution in [1.29, 1.82) is 0 Å². The van der Waals surface area contributed by atoms with Crippen molar-refractivity contribution in [3.63, 3.8) is 0 Å². The van der Waals surface area contributed by atoms with Gasteiger partial charge in [0.1, 0.15) is 13.2 Å². The highest BCUT2D eigenvalue weighted by Gasteiger charge is 2.36. The van der Waals surface area contributed by atoms with Crippen molar-refractivity contribution in [2.24, 2.45) is 0 Å². The Labute approximate surface area is 193 Å². The van der Waals surface area contributed by atoms with Crippen molar-refractivity contribution >= 4 is 40.6 Å². The fourth-order valence-electron chi connectivity index (χ4n) is 2.90. The number of esters is 1. The van der Waals surface area contributed by atoms with Crippen molar-refractivity contribution in [3.05, 3.63) is 68.6 Å². The lowest BCUT2D eigenvalue weighted by atomic mass is 10.1. The van der Waals surface area contributed by atoms with Crippen LogP contribution in [0.4, 0.5) is 10.5 Å². The quantitative estimate of drug-likeness (QED) is 0.232. The number of hydrogen-bond donors (Lipinski definition) is 0. The van der Waals surface area contributed by atoms with Crippen molar-refractivity contribution < 1.29 is 33.5 Å². The average molecular weight is 472 g/mol. The zero-order valence-electron chi connectivity index (χ0n) is 17.8. The van der Waals surface area contributed by atoms with Crippen LogP contribution in [-0.2, 0) is 20.9 Å². The minimum absolute atomic E-state index is 0.0300. The summed E-state index contributed by atoms with van der Waals surface area (Å²) in [6, 6.07) is 11.1. The van der Waals surface area contributed by atoms with Gasteiger partial charge in [-0.2, -0.15) is 0 Å². The number of nitro groups is 1. The first-order valence-electron chi connectivity index (χ1n) is 9.77. The van der Waals surface area contributed by atoms with Crippen molar-refractivity contribution in [3.8, 4) is 11.5 Å². The molecule has 0 aromatic heterocycles. The summed E-state index contributed by atoms with van der Waals surface area (Å²) in [5.41, 5.74) is 1.18. The third-order valence-electron chi connectivity index (χ3n) is 4.47. The molecule has 1 aliphatic heterocycles. The number of thioether (sulfide) groups is 1. The van der Waals surface area contributed by atoms with Gasteiger partial charge in [-0.05, 0) is 48.0 Å². The molecule has 0 aliphatic carbocycles. The topological polar surface area (TPSA) is 125 Å². The first-order valence-corrected chi connectivity index (χ1v) is 10.6. The Morgan fingerprint density at radius 1 is 1.15 bits per heavy atom. The Kier molecular flexibility index (Phi) is 7.67. The van der Waals surface area contributed by atoms with Crippen LogP contribution in [0.25, 0.3) is 6.08 Å². The van der Waals surface area contributed by atoms with Crippen molar-refractivity contribution in [1.82, 2.24) is 4.90 Å². The standard InChI is InChI=1S/C22H20N2O8S/c1-3-31-18-10-14(11-19-21(26)23(22(27)33-19)12-20(25)30-2)7-8-17(18)32-13-15-5-4-6-16(9-15)24(28)29/h4-11H,3,12-13H2,1-2H3/b19-11-. The number of carbonyl (C=O) groups excluding carboxylic acids is 3. The van der Waals surface area contributed by atoms with E-state index in [1.165, 1.54) is 25.3 Å². The van der Waals surface area contributed by atoms with Crippen LogP contribution >= 0.6 is 11.8 Å². The molecule has 172 valence electrons. The Morgan fingerprint density at radius 2 is 1.94 bits per heavy atom. The third kappa shape index (κ3) is 5.89. The number of imide groups is 1. The number of rotatable bonds is 9. The molecular weight excluding hydrogens is 452 g/mol. The van der Waals surface area contributed by atoms with Gasteiger partial charge in [0.15, 0.2) is 11.5 Å². The second-order valence-corrected chi connectivity index (χ2v) is 7.69. The molecule has 33 heavy (non-hydrogen) atoms. The van der Waals surface area contributed by atoms with Crippen LogP contribution in [0.2, 0.25) is 0 Å². The number of benzene rings is 2. The highest BCUT2D eigenvalue weighted by molar-refractivity contribution is 8.18. The van der Waals surface area contributed by atoms with E-state index in [4.69, 9.17) is 9.47 Å². The molecular formula is C22H20N2O8S. The van der Waals surface area contributed by atoms with Crippen LogP contribution in [-0.4, -0.2) is 47.2 Å². The van der Waals surface area contributed by atoms with Gasteiger partial charge < -0.3 is 14.2 Å². The van der Waals surface area contributed by atoms with E-state index in [0.29, 0.717) is 29.2 Å². The molecule has 1 heterocycles. The summed E-state index contributed by atoms with van der Waals surface area (Å²) >= 11 is 0.727. The number of methoxy groups -OCH3 is 1. The fraction of sp³-hybridized carbons (Fsp3) is 0.227. The summed E-state index contributed by atoms with van der Waals surface area (Å²) in [6.45, 7) is 1.79. The van der Waals surface area contributed by atoms with Gasteiger partial charge in [0.2, 0.25) is 0 Å². The van der Waals surface area contributed by atoms with E-state index in [0.717, 1.165) is 16.7 Å². The molecule has 10 nitrogen and oxygen atoms in total. The second kappa shape index (κ2) is 10.6. The summed E-state index contributed by atoms with van der Waals surface area (Å²) in [7, 11) is 1.18. The highest BCUT2D eigenvalue weighted by atomic mass is 32.2. The summed E-state index contributed by atoms with van der Waals surface area (Å²) in [5.74, 6) is -0.452. The van der Waals surface area contributed by atoms with E-state index < -0.39 is 28.6 Å². The molecule has 0 spiro atoms. The lowest BCUT2D eigenvalue weighted by Gasteiger charge is -2.13. The second-order valence-electron chi connectivity index (χ2n) is 6.70. The molecule has 1 fully saturated rings. The van der Waals surface area contributed by atoms with Crippen LogP contribution in [0, 0.1) is 10.1 Å². The molecule has 0 unspecified atom stereocenters. The Hall–Kier alpha value is -3.86. The van der Waals surface area contributed by atoms with E-state index in [-0.39, 0.29) is 17.2 Å². The lowest BCUT2D eigenvalue weighted by molar-refractivity contribution is -0.384. The molecule has 2 amide bonds. The van der Waals surface area contributed by atoms with Crippen LogP contribution in [0.1, 0.15) is 18.1 Å². The van der Waals surface area contributed by atoms with Gasteiger partial charge in [0.05, 0.1) is 23.5 Å². The molecule has 2 aromatic carbocycles. The molecule has 0 atom stereocenters. The summed E-state index contributed by atoms with van der Waals surface area (Å²) < 4.78 is 15.9. The van der Waals surface area contributed by atoms with Gasteiger partial charge in [-0.3, -0.25) is 29.4 Å². The molecule has 0 N–H and O–H groups in total. The van der Waals surface area contributed by atoms with Gasteiger partial charge in [0.25, 0.3) is 16.8 Å². The Bertz CT molecular complexity index is 1130. The number of hydrogen-bond acceptors (Lipinski definition) is 9. The highest BCUT2D eigenvalue weighted by Crippen LogP contribution is 2.35. The largest absolute Gasteiger partial charge is 0.490 e. The molecule has 2 aromatic rings. The van der Waals surface area contributed by atoms with E-state index in [1.54, 1.807) is 37.3 Å². The maximum absolute atomic E-state index is 12.5. The zero-order chi connectivity index (χ0) is 24.0. The Balaban J connectivity index is 1.78. The normalized spacial score (nSPS) is 14.5. The fourth-order valence-corrected chi connectivity index (χ4v) is 3.74. The third-order valence-corrected chi connectivity index (χ3v) is 5.38. The van der Waals surface area contributed by atoms with Gasteiger partial charge in [-0.25, -0.2) is 0 Å². The van der Waals surface area contributed by atoms with Crippen LogP contribution < -0.4 is 9.47 Å². The van der Waals surface area contributed by atoms with Crippen LogP contribution in [0.15, 0.2) is 47.4 Å². The first kappa shape index (κ1) is 23.8. The minimum Gasteiger partial charge on any atom is -0.490 e. The van der Waals surface area contributed by atoms with Gasteiger partial charge in [-0.1, -0.05) is 18.2 Å². The maximum atomic E-state index is 12.5. The number of ether oxygens (including phenoxy) is 3. The number of carbonyl (C=O) groups is 3. The number of amides is 2. The first-order chi connectivity index (χ1) is 15.8. The summed E-state index contributed by atoms with van der Waals surface area (Å²) in [4.78, 5) is 47.5. The van der Waals surface area contributed by atoms with Gasteiger partial charge in [-0.15, -0.1) is 0 Å². The lowest BCUT2D eigenvalue weighted by Crippen LogP contribution is -2.34. The van der Waals surface area contributed by atoms with Crippen molar-refractivity contribution in [2.45, 2.75) is 13.5 Å². The van der Waals surface area contributed by atoms with Gasteiger partial charge in [0, 0.05) is 12.1 Å². The van der Waals surface area contributed by atoms with E-state index in [1.807, 2.05) is 0 Å². The maximum Gasteiger partial charge on any atom is 0.325 e.